The number of H-pyrrole nitrogens is 1. The molecule has 2 heterocycles. The quantitative estimate of drug-likeness (QED) is 0.594. The van der Waals surface area contributed by atoms with Gasteiger partial charge in [-0.1, -0.05) is 13.8 Å². The number of nitrogens with zero attached hydrogens (tertiary/aromatic N) is 1. The molecule has 1 atom stereocenters. The lowest BCUT2D eigenvalue weighted by atomic mass is 9.94. The maximum Gasteiger partial charge on any atom is 0.259 e. The molecule has 0 radical (unpaired) electrons. The van der Waals surface area contributed by atoms with Crippen LogP contribution in [-0.2, 0) is 10.5 Å². The second kappa shape index (κ2) is 9.91. The van der Waals surface area contributed by atoms with E-state index in [0.29, 0.717) is 23.5 Å². The molecule has 0 aromatic carbocycles. The highest BCUT2D eigenvalue weighted by Gasteiger charge is 2.23. The number of halogens is 1. The molecule has 152 valence electrons. The van der Waals surface area contributed by atoms with Crippen molar-refractivity contribution < 1.29 is 4.79 Å². The summed E-state index contributed by atoms with van der Waals surface area (Å²) < 4.78 is 0. The predicted octanol–water partition coefficient (Wildman–Crippen LogP) is 3.28. The Balaban J connectivity index is 0.00000364. The number of aromatic nitrogens is 2. The molecule has 0 fully saturated rings. The lowest BCUT2D eigenvalue weighted by molar-refractivity contribution is -0.120. The van der Waals surface area contributed by atoms with Gasteiger partial charge in [-0.3, -0.25) is 9.59 Å². The van der Waals surface area contributed by atoms with Gasteiger partial charge in [0.15, 0.2) is 0 Å². The van der Waals surface area contributed by atoms with Crippen molar-refractivity contribution in [3.05, 3.63) is 26.6 Å². The highest BCUT2D eigenvalue weighted by atomic mass is 35.5. The summed E-state index contributed by atoms with van der Waals surface area (Å²) in [6, 6.07) is 0. The molecule has 6 nitrogen and oxygen atoms in total. The lowest BCUT2D eigenvalue weighted by Crippen LogP contribution is -2.50. The number of hydrogen-bond donors (Lipinski definition) is 3. The summed E-state index contributed by atoms with van der Waals surface area (Å²) in [5.74, 6) is 1.03. The third kappa shape index (κ3) is 5.70. The SMILES string of the molecule is CCC(N)(CC)CNC(=O)C(C)SCc1nc2sc(C)c(C)c2c(=O)[nH]1.Cl. The number of carbonyl (C=O) groups is 1. The van der Waals surface area contributed by atoms with Crippen molar-refractivity contribution in [2.45, 2.75) is 64.0 Å². The fourth-order valence-electron chi connectivity index (χ4n) is 2.55. The van der Waals surface area contributed by atoms with Gasteiger partial charge in [0.1, 0.15) is 10.7 Å². The van der Waals surface area contributed by atoms with Gasteiger partial charge >= 0.3 is 0 Å². The maximum atomic E-state index is 12.3. The van der Waals surface area contributed by atoms with Gasteiger partial charge in [0.25, 0.3) is 5.56 Å². The van der Waals surface area contributed by atoms with Crippen molar-refractivity contribution in [1.82, 2.24) is 15.3 Å². The number of amides is 1. The van der Waals surface area contributed by atoms with Crippen LogP contribution in [0.5, 0.6) is 0 Å². The number of thioether (sulfide) groups is 1. The molecule has 1 amide bonds. The fraction of sp³-hybridized carbons (Fsp3) is 0.611. The van der Waals surface area contributed by atoms with Crippen LogP contribution in [0, 0.1) is 13.8 Å². The zero-order valence-electron chi connectivity index (χ0n) is 16.5. The Morgan fingerprint density at radius 3 is 2.59 bits per heavy atom. The van der Waals surface area contributed by atoms with E-state index in [9.17, 15) is 9.59 Å². The Morgan fingerprint density at radius 2 is 2.00 bits per heavy atom. The lowest BCUT2D eigenvalue weighted by Gasteiger charge is -2.27. The number of fused-ring (bicyclic) bond motifs is 1. The second-order valence-electron chi connectivity index (χ2n) is 6.72. The molecule has 0 spiro atoms. The van der Waals surface area contributed by atoms with E-state index in [-0.39, 0.29) is 34.7 Å². The van der Waals surface area contributed by atoms with E-state index >= 15 is 0 Å². The number of thiophene rings is 1. The zero-order chi connectivity index (χ0) is 19.5. The van der Waals surface area contributed by atoms with Gasteiger partial charge in [0, 0.05) is 17.0 Å². The topological polar surface area (TPSA) is 101 Å². The van der Waals surface area contributed by atoms with Gasteiger partial charge in [-0.25, -0.2) is 4.98 Å². The molecule has 2 aromatic heterocycles. The largest absolute Gasteiger partial charge is 0.353 e. The molecule has 0 saturated heterocycles. The summed E-state index contributed by atoms with van der Waals surface area (Å²) in [6.07, 6.45) is 1.63. The standard InChI is InChI=1S/C18H28N4O2S2.ClH/c1-6-18(19,7-2)9-20-15(23)12(5)25-8-13-21-16(24)14-10(3)11(4)26-17(14)22-13;/h12H,6-9,19H2,1-5H3,(H,20,23)(H,21,22,24);1H. The van der Waals surface area contributed by atoms with E-state index in [1.807, 2.05) is 34.6 Å². The van der Waals surface area contributed by atoms with Gasteiger partial charge in [-0.2, -0.15) is 0 Å². The number of rotatable bonds is 8. The number of aromatic amines is 1. The number of hydrogen-bond acceptors (Lipinski definition) is 6. The van der Waals surface area contributed by atoms with E-state index in [1.165, 1.54) is 23.1 Å². The van der Waals surface area contributed by atoms with Crippen molar-refractivity contribution in [1.29, 1.82) is 0 Å². The van der Waals surface area contributed by atoms with Gasteiger partial charge in [0.05, 0.1) is 16.4 Å². The van der Waals surface area contributed by atoms with E-state index in [0.717, 1.165) is 28.1 Å². The van der Waals surface area contributed by atoms with Crippen molar-refractivity contribution in [2.24, 2.45) is 5.73 Å². The van der Waals surface area contributed by atoms with Crippen LogP contribution in [0.15, 0.2) is 4.79 Å². The van der Waals surface area contributed by atoms with Gasteiger partial charge in [0.2, 0.25) is 5.91 Å². The number of aryl methyl sites for hydroxylation is 2. The molecular weight excluding hydrogens is 404 g/mol. The van der Waals surface area contributed by atoms with Crippen LogP contribution in [0.2, 0.25) is 0 Å². The molecule has 9 heteroatoms. The number of nitrogens with one attached hydrogen (secondary N) is 2. The molecule has 0 saturated carbocycles. The first-order chi connectivity index (χ1) is 12.2. The smallest absolute Gasteiger partial charge is 0.259 e. The summed E-state index contributed by atoms with van der Waals surface area (Å²) in [6.45, 7) is 10.3. The molecule has 0 aliphatic carbocycles. The average Bonchev–Trinajstić information content (AvgIpc) is 2.91. The van der Waals surface area contributed by atoms with Crippen LogP contribution in [0.1, 0.15) is 49.9 Å². The highest BCUT2D eigenvalue weighted by Crippen LogP contribution is 2.26. The van der Waals surface area contributed by atoms with Crippen LogP contribution >= 0.6 is 35.5 Å². The van der Waals surface area contributed by atoms with Crippen LogP contribution in [0.4, 0.5) is 0 Å². The zero-order valence-corrected chi connectivity index (χ0v) is 18.9. The third-order valence-electron chi connectivity index (χ3n) is 4.95. The van der Waals surface area contributed by atoms with Crippen LogP contribution in [-0.4, -0.2) is 33.2 Å². The van der Waals surface area contributed by atoms with E-state index in [1.54, 1.807) is 0 Å². The van der Waals surface area contributed by atoms with Gasteiger partial charge in [-0.15, -0.1) is 35.5 Å². The Hall–Kier alpha value is -1.09. The molecule has 0 bridgehead atoms. The summed E-state index contributed by atoms with van der Waals surface area (Å²) in [5.41, 5.74) is 6.75. The first kappa shape index (κ1) is 23.9. The highest BCUT2D eigenvalue weighted by molar-refractivity contribution is 7.99. The van der Waals surface area contributed by atoms with Crippen molar-refractivity contribution in [3.8, 4) is 0 Å². The number of carbonyl (C=O) groups excluding carboxylic acids is 1. The molecule has 1 unspecified atom stereocenters. The molecule has 27 heavy (non-hydrogen) atoms. The second-order valence-corrected chi connectivity index (χ2v) is 9.25. The van der Waals surface area contributed by atoms with E-state index < -0.39 is 0 Å². The van der Waals surface area contributed by atoms with Gasteiger partial charge < -0.3 is 16.0 Å². The molecular formula is C18H29ClN4O2S2. The van der Waals surface area contributed by atoms with Crippen LogP contribution < -0.4 is 16.6 Å². The Bertz CT molecular complexity index is 846. The molecule has 4 N–H and O–H groups in total. The van der Waals surface area contributed by atoms with Crippen molar-refractivity contribution >= 4 is 51.6 Å². The molecule has 2 aromatic rings. The van der Waals surface area contributed by atoms with Gasteiger partial charge in [-0.05, 0) is 39.2 Å². The first-order valence-corrected chi connectivity index (χ1v) is 10.7. The maximum absolute atomic E-state index is 12.3. The Labute approximate surface area is 174 Å². The van der Waals surface area contributed by atoms with Crippen molar-refractivity contribution in [3.63, 3.8) is 0 Å². The minimum atomic E-state index is -0.354. The van der Waals surface area contributed by atoms with E-state index in [2.05, 4.69) is 15.3 Å². The molecule has 0 aliphatic heterocycles. The Kier molecular flexibility index (Phi) is 8.79. The summed E-state index contributed by atoms with van der Waals surface area (Å²) in [5, 5.41) is 3.36. The minimum Gasteiger partial charge on any atom is -0.353 e. The Morgan fingerprint density at radius 1 is 1.37 bits per heavy atom. The molecule has 0 aliphatic rings. The fourth-order valence-corrected chi connectivity index (χ4v) is 4.38. The van der Waals surface area contributed by atoms with Crippen LogP contribution in [0.3, 0.4) is 0 Å². The summed E-state index contributed by atoms with van der Waals surface area (Å²) >= 11 is 2.98. The molecule has 2 rings (SSSR count). The monoisotopic (exact) mass is 432 g/mol. The predicted molar refractivity (Wildman–Crippen MR) is 118 cm³/mol. The van der Waals surface area contributed by atoms with E-state index in [4.69, 9.17) is 5.73 Å². The third-order valence-corrected chi connectivity index (χ3v) is 7.21. The summed E-state index contributed by atoms with van der Waals surface area (Å²) in [7, 11) is 0. The van der Waals surface area contributed by atoms with Crippen molar-refractivity contribution in [2.75, 3.05) is 6.54 Å². The summed E-state index contributed by atoms with van der Waals surface area (Å²) in [4.78, 5) is 33.8. The average molecular weight is 433 g/mol. The normalized spacial score (nSPS) is 12.7. The minimum absolute atomic E-state index is 0. The number of nitrogens with two attached hydrogens (primary N) is 1. The van der Waals surface area contributed by atoms with Crippen LogP contribution in [0.25, 0.3) is 10.2 Å². The first-order valence-electron chi connectivity index (χ1n) is 8.87.